The van der Waals surface area contributed by atoms with Gasteiger partial charge in [0.1, 0.15) is 0 Å². The average molecular weight is 299 g/mol. The molecule has 0 aromatic carbocycles. The summed E-state index contributed by atoms with van der Waals surface area (Å²) in [6.07, 6.45) is 1.41. The fraction of sp³-hybridized carbons (Fsp3) is 0.286. The molecule has 0 bridgehead atoms. The van der Waals surface area contributed by atoms with Gasteiger partial charge in [0.25, 0.3) is 0 Å². The lowest BCUT2D eigenvalue weighted by atomic mass is 10.2. The molecule has 0 radical (unpaired) electrons. The van der Waals surface area contributed by atoms with E-state index < -0.39 is 25.8 Å². The molecule has 0 saturated carbocycles. The lowest BCUT2D eigenvalue weighted by molar-refractivity contribution is 0.341. The summed E-state index contributed by atoms with van der Waals surface area (Å²) in [5.74, 6) is 0. The smallest absolute Gasteiger partial charge is 0.324 e. The minimum Gasteiger partial charge on any atom is -0.324 e. The van der Waals surface area contributed by atoms with Crippen molar-refractivity contribution >= 4 is 27.8 Å². The van der Waals surface area contributed by atoms with Gasteiger partial charge in [0, 0.05) is 12.4 Å². The van der Waals surface area contributed by atoms with Gasteiger partial charge in [0.2, 0.25) is 0 Å². The number of pyridine rings is 1. The third-order valence-electron chi connectivity index (χ3n) is 2.03. The zero-order chi connectivity index (χ0) is 13.3. The highest BCUT2D eigenvalue weighted by Crippen LogP contribution is 2.64. The number of rotatable bonds is 4. The van der Waals surface area contributed by atoms with Gasteiger partial charge in [0.15, 0.2) is 4.49 Å². The molecule has 0 aliphatic rings. The van der Waals surface area contributed by atoms with Crippen molar-refractivity contribution < 1.29 is 28.7 Å². The lowest BCUT2D eigenvalue weighted by Gasteiger charge is -2.29. The van der Waals surface area contributed by atoms with Gasteiger partial charge < -0.3 is 19.6 Å². The maximum absolute atomic E-state index is 11.4. The summed E-state index contributed by atoms with van der Waals surface area (Å²) in [6.45, 7) is 0. The van der Waals surface area contributed by atoms with Crippen LogP contribution in [0.25, 0.3) is 0 Å². The van der Waals surface area contributed by atoms with Crippen LogP contribution in [-0.2, 0) is 13.6 Å². The standard InChI is InChI=1S/C7H11NO6P2S/c9-15(10,11)5-7(17,16(12,13)14)6-2-1-3-8-4-6/h1-4,17H,5H2,(H2,9,10,11)(H2,12,13,14). The third kappa shape index (κ3) is 3.63. The van der Waals surface area contributed by atoms with Gasteiger partial charge in [-0.2, -0.15) is 12.6 Å². The van der Waals surface area contributed by atoms with Gasteiger partial charge in [-0.05, 0) is 11.6 Å². The average Bonchev–Trinajstić information content (AvgIpc) is 2.14. The molecule has 96 valence electrons. The van der Waals surface area contributed by atoms with Crippen molar-refractivity contribution in [3.8, 4) is 0 Å². The molecule has 0 aliphatic heterocycles. The summed E-state index contributed by atoms with van der Waals surface area (Å²) in [7, 11) is -9.52. The molecular weight excluding hydrogens is 288 g/mol. The fourth-order valence-electron chi connectivity index (χ4n) is 1.24. The molecule has 4 N–H and O–H groups in total. The van der Waals surface area contributed by atoms with Crippen molar-refractivity contribution in [3.05, 3.63) is 30.1 Å². The fourth-order valence-corrected chi connectivity index (χ4v) is 4.44. The highest BCUT2D eigenvalue weighted by molar-refractivity contribution is 7.90. The van der Waals surface area contributed by atoms with Crippen LogP contribution in [0.3, 0.4) is 0 Å². The lowest BCUT2D eigenvalue weighted by Crippen LogP contribution is -2.24. The van der Waals surface area contributed by atoms with Crippen LogP contribution in [0.5, 0.6) is 0 Å². The minimum absolute atomic E-state index is 0.0417. The molecule has 7 nitrogen and oxygen atoms in total. The maximum atomic E-state index is 11.4. The van der Waals surface area contributed by atoms with E-state index >= 15 is 0 Å². The molecule has 1 aromatic rings. The van der Waals surface area contributed by atoms with E-state index in [1.54, 1.807) is 0 Å². The molecule has 0 aliphatic carbocycles. The molecule has 1 heterocycles. The Balaban J connectivity index is 3.32. The van der Waals surface area contributed by atoms with Crippen LogP contribution in [0.4, 0.5) is 0 Å². The topological polar surface area (TPSA) is 128 Å². The van der Waals surface area contributed by atoms with Crippen molar-refractivity contribution in [2.45, 2.75) is 4.49 Å². The Kier molecular flexibility index (Phi) is 4.21. The van der Waals surface area contributed by atoms with E-state index in [1.165, 1.54) is 18.3 Å². The predicted molar refractivity (Wildman–Crippen MR) is 63.9 cm³/mol. The molecule has 10 heteroatoms. The normalized spacial score (nSPS) is 16.5. The van der Waals surface area contributed by atoms with Crippen molar-refractivity contribution in [1.29, 1.82) is 0 Å². The van der Waals surface area contributed by atoms with E-state index in [4.69, 9.17) is 9.79 Å². The van der Waals surface area contributed by atoms with Crippen molar-refractivity contribution in [2.75, 3.05) is 6.16 Å². The Bertz CT molecular complexity index is 484. The molecule has 0 amide bonds. The Labute approximate surface area is 103 Å². The molecule has 1 rings (SSSR count). The largest absolute Gasteiger partial charge is 0.346 e. The van der Waals surface area contributed by atoms with E-state index in [1.807, 2.05) is 0 Å². The number of nitrogens with zero attached hydrogens (tertiary/aromatic N) is 1. The van der Waals surface area contributed by atoms with Crippen LogP contribution in [0.1, 0.15) is 5.56 Å². The van der Waals surface area contributed by atoms with Gasteiger partial charge in [-0.3, -0.25) is 14.1 Å². The second-order valence-corrected chi connectivity index (χ2v) is 8.04. The van der Waals surface area contributed by atoms with E-state index in [-0.39, 0.29) is 5.56 Å². The van der Waals surface area contributed by atoms with Crippen LogP contribution >= 0.6 is 27.8 Å². The molecule has 17 heavy (non-hydrogen) atoms. The highest BCUT2D eigenvalue weighted by Gasteiger charge is 2.49. The van der Waals surface area contributed by atoms with Gasteiger partial charge in [-0.25, -0.2) is 0 Å². The summed E-state index contributed by atoms with van der Waals surface area (Å²) in [5.41, 5.74) is -0.0417. The summed E-state index contributed by atoms with van der Waals surface area (Å²) in [5, 5.41) is 0. The first-order valence-electron chi connectivity index (χ1n) is 4.29. The molecule has 0 fully saturated rings. The number of hydrogen-bond donors (Lipinski definition) is 5. The van der Waals surface area contributed by atoms with Gasteiger partial charge in [0.05, 0.1) is 6.16 Å². The number of aromatic nitrogens is 1. The maximum Gasteiger partial charge on any atom is 0.346 e. The zero-order valence-electron chi connectivity index (χ0n) is 8.41. The van der Waals surface area contributed by atoms with Gasteiger partial charge in [-0.1, -0.05) is 6.07 Å². The van der Waals surface area contributed by atoms with E-state index in [0.29, 0.717) is 0 Å². The first-order valence-corrected chi connectivity index (χ1v) is 8.15. The molecule has 1 aromatic heterocycles. The quantitative estimate of drug-likeness (QED) is 0.405. The van der Waals surface area contributed by atoms with Crippen LogP contribution < -0.4 is 0 Å². The zero-order valence-corrected chi connectivity index (χ0v) is 11.1. The summed E-state index contributed by atoms with van der Waals surface area (Å²) < 4.78 is 20.1. The molecule has 0 saturated heterocycles. The van der Waals surface area contributed by atoms with E-state index in [0.717, 1.165) is 6.20 Å². The number of thiol groups is 1. The monoisotopic (exact) mass is 299 g/mol. The Morgan fingerprint density at radius 2 is 1.88 bits per heavy atom. The van der Waals surface area contributed by atoms with Crippen molar-refractivity contribution in [3.63, 3.8) is 0 Å². The molecular formula is C7H11NO6P2S. The summed E-state index contributed by atoms with van der Waals surface area (Å²) in [4.78, 5) is 39.8. The van der Waals surface area contributed by atoms with Crippen LogP contribution in [0.2, 0.25) is 0 Å². The highest BCUT2D eigenvalue weighted by atomic mass is 32.1. The van der Waals surface area contributed by atoms with E-state index in [2.05, 4.69) is 17.6 Å². The summed E-state index contributed by atoms with van der Waals surface area (Å²) in [6, 6.07) is 2.70. The van der Waals surface area contributed by atoms with Crippen molar-refractivity contribution in [2.24, 2.45) is 0 Å². The van der Waals surface area contributed by atoms with Crippen LogP contribution in [-0.4, -0.2) is 30.7 Å². The molecule has 1 unspecified atom stereocenters. The van der Waals surface area contributed by atoms with E-state index in [9.17, 15) is 18.9 Å². The Morgan fingerprint density at radius 1 is 1.29 bits per heavy atom. The Morgan fingerprint density at radius 3 is 2.24 bits per heavy atom. The summed E-state index contributed by atoms with van der Waals surface area (Å²) >= 11 is 3.79. The molecule has 0 spiro atoms. The second-order valence-electron chi connectivity index (χ2n) is 3.43. The SMILES string of the molecule is O=P(O)(O)CC(S)(c1cccnc1)P(=O)(O)O. The molecule has 1 atom stereocenters. The van der Waals surface area contributed by atoms with Crippen molar-refractivity contribution in [1.82, 2.24) is 4.98 Å². The predicted octanol–water partition coefficient (Wildman–Crippen LogP) is 0.520. The Hall–Kier alpha value is -0.200. The second kappa shape index (κ2) is 4.82. The first kappa shape index (κ1) is 14.9. The number of hydrogen-bond acceptors (Lipinski definition) is 4. The third-order valence-corrected chi connectivity index (χ3v) is 6.00. The minimum atomic E-state index is -4.87. The van der Waals surface area contributed by atoms with Crippen LogP contribution in [0.15, 0.2) is 24.5 Å². The van der Waals surface area contributed by atoms with Gasteiger partial charge in [-0.15, -0.1) is 0 Å². The van der Waals surface area contributed by atoms with Crippen LogP contribution in [0, 0.1) is 0 Å². The first-order chi connectivity index (χ1) is 7.56. The van der Waals surface area contributed by atoms with Gasteiger partial charge >= 0.3 is 15.2 Å².